The third-order valence-electron chi connectivity index (χ3n) is 3.22. The van der Waals surface area contributed by atoms with Crippen molar-refractivity contribution >= 4 is 17.7 Å². The van der Waals surface area contributed by atoms with Crippen LogP contribution in [0.2, 0.25) is 0 Å². The summed E-state index contributed by atoms with van der Waals surface area (Å²) in [5.41, 5.74) is 1.26. The number of hydrogen-bond acceptors (Lipinski definition) is 5. The molecular weight excluding hydrogens is 264 g/mol. The highest BCUT2D eigenvalue weighted by Gasteiger charge is 2.31. The van der Waals surface area contributed by atoms with Crippen molar-refractivity contribution < 1.29 is 24.6 Å². The normalized spacial score (nSPS) is 25.5. The zero-order valence-electron chi connectivity index (χ0n) is 11.3. The predicted molar refractivity (Wildman–Crippen MR) is 72.6 cm³/mol. The fourth-order valence-electron chi connectivity index (χ4n) is 2.15. The molecule has 3 aliphatic heterocycles. The zero-order valence-corrected chi connectivity index (χ0v) is 11.3. The Hall–Kier alpha value is -1.89. The number of oxime groups is 1. The first kappa shape index (κ1) is 16.2. The molecule has 0 spiro atoms. The molecule has 3 saturated heterocycles. The third kappa shape index (κ3) is 5.40. The van der Waals surface area contributed by atoms with Crippen LogP contribution in [0.5, 0.6) is 0 Å². The van der Waals surface area contributed by atoms with Crippen LogP contribution in [0.15, 0.2) is 17.8 Å². The van der Waals surface area contributed by atoms with Crippen molar-refractivity contribution in [1.29, 1.82) is 0 Å². The van der Waals surface area contributed by atoms with Crippen LogP contribution in [-0.2, 0) is 14.4 Å². The van der Waals surface area contributed by atoms with E-state index in [1.54, 1.807) is 0 Å². The molecule has 0 saturated carbocycles. The molecule has 112 valence electrons. The Morgan fingerprint density at radius 3 is 2.35 bits per heavy atom. The lowest BCUT2D eigenvalue weighted by atomic mass is 9.87. The number of piperidine rings is 3. The van der Waals surface area contributed by atoms with E-state index in [4.69, 9.17) is 24.6 Å². The van der Waals surface area contributed by atoms with Crippen molar-refractivity contribution in [3.05, 3.63) is 12.7 Å². The molecule has 0 aromatic rings. The van der Waals surface area contributed by atoms with E-state index in [0.717, 1.165) is 13.0 Å². The molecule has 0 atom stereocenters. The van der Waals surface area contributed by atoms with Crippen molar-refractivity contribution in [2.24, 2.45) is 11.1 Å². The Kier molecular flexibility index (Phi) is 6.72. The molecule has 3 heterocycles. The van der Waals surface area contributed by atoms with Gasteiger partial charge in [-0.25, -0.2) is 9.59 Å². The van der Waals surface area contributed by atoms with Gasteiger partial charge >= 0.3 is 11.9 Å². The van der Waals surface area contributed by atoms with Crippen molar-refractivity contribution in [3.63, 3.8) is 0 Å². The molecule has 3 rings (SSSR count). The average molecular weight is 284 g/mol. The molecule has 7 heteroatoms. The molecule has 20 heavy (non-hydrogen) atoms. The second-order valence-corrected chi connectivity index (χ2v) is 4.65. The summed E-state index contributed by atoms with van der Waals surface area (Å²) < 4.78 is 0. The summed E-state index contributed by atoms with van der Waals surface area (Å²) in [6, 6.07) is 0. The molecule has 3 aliphatic rings. The van der Waals surface area contributed by atoms with Crippen LogP contribution < -0.4 is 0 Å². The Morgan fingerprint density at radius 2 is 1.95 bits per heavy atom. The van der Waals surface area contributed by atoms with E-state index in [1.165, 1.54) is 31.6 Å². The standard InChI is InChI=1S/C11H18N2O.C2H2O4/c1-2-3-8-14-12-11-9-13-6-4-10(11)5-7-13;3-1(4)2(5)6/h2,10H,1,3-9H2;(H,3,4)(H,5,6). The largest absolute Gasteiger partial charge is 0.473 e. The van der Waals surface area contributed by atoms with Crippen LogP contribution >= 0.6 is 0 Å². The summed E-state index contributed by atoms with van der Waals surface area (Å²) in [6.07, 6.45) is 5.27. The highest BCUT2D eigenvalue weighted by atomic mass is 16.6. The van der Waals surface area contributed by atoms with Gasteiger partial charge in [-0.3, -0.25) is 4.90 Å². The van der Waals surface area contributed by atoms with Crippen molar-refractivity contribution in [2.45, 2.75) is 19.3 Å². The molecule has 2 N–H and O–H groups in total. The Labute approximate surface area is 117 Å². The van der Waals surface area contributed by atoms with Gasteiger partial charge < -0.3 is 15.1 Å². The number of carboxylic acid groups (broad SMARTS) is 2. The molecule has 0 amide bonds. The minimum Gasteiger partial charge on any atom is -0.473 e. The smallest absolute Gasteiger partial charge is 0.414 e. The molecular formula is C13H20N2O5. The van der Waals surface area contributed by atoms with E-state index in [1.807, 2.05) is 6.08 Å². The van der Waals surface area contributed by atoms with Gasteiger partial charge in [0.15, 0.2) is 0 Å². The lowest BCUT2D eigenvalue weighted by molar-refractivity contribution is -0.159. The van der Waals surface area contributed by atoms with Gasteiger partial charge in [0.2, 0.25) is 0 Å². The van der Waals surface area contributed by atoms with Gasteiger partial charge in [0.25, 0.3) is 0 Å². The quantitative estimate of drug-likeness (QED) is 0.343. The summed E-state index contributed by atoms with van der Waals surface area (Å²) in [7, 11) is 0. The lowest BCUT2D eigenvalue weighted by Crippen LogP contribution is -2.47. The first-order valence-electron chi connectivity index (χ1n) is 6.52. The van der Waals surface area contributed by atoms with Crippen molar-refractivity contribution in [3.8, 4) is 0 Å². The number of carboxylic acids is 2. The molecule has 0 aromatic carbocycles. The van der Waals surface area contributed by atoms with Crippen LogP contribution in [0, 0.1) is 5.92 Å². The van der Waals surface area contributed by atoms with E-state index in [0.29, 0.717) is 12.5 Å². The molecule has 0 radical (unpaired) electrons. The van der Waals surface area contributed by atoms with Crippen LogP contribution in [0.1, 0.15) is 19.3 Å². The predicted octanol–water partition coefficient (Wildman–Crippen LogP) is 0.816. The number of nitrogens with zero attached hydrogens (tertiary/aromatic N) is 2. The molecule has 7 nitrogen and oxygen atoms in total. The molecule has 0 aliphatic carbocycles. The monoisotopic (exact) mass is 284 g/mol. The molecule has 3 fully saturated rings. The van der Waals surface area contributed by atoms with E-state index in [2.05, 4.69) is 16.6 Å². The van der Waals surface area contributed by atoms with Crippen molar-refractivity contribution in [1.82, 2.24) is 4.90 Å². The lowest BCUT2D eigenvalue weighted by Gasteiger charge is -2.39. The summed E-state index contributed by atoms with van der Waals surface area (Å²) in [5, 5.41) is 19.0. The Balaban J connectivity index is 0.000000286. The fourth-order valence-corrected chi connectivity index (χ4v) is 2.15. The van der Waals surface area contributed by atoms with Gasteiger partial charge in [-0.2, -0.15) is 0 Å². The number of rotatable bonds is 4. The zero-order chi connectivity index (χ0) is 15.0. The van der Waals surface area contributed by atoms with Gasteiger partial charge in [-0.05, 0) is 25.9 Å². The number of fused-ring (bicyclic) bond motifs is 3. The highest BCUT2D eigenvalue weighted by molar-refractivity contribution is 6.27. The van der Waals surface area contributed by atoms with Gasteiger partial charge in [0.1, 0.15) is 6.61 Å². The number of hydrogen-bond donors (Lipinski definition) is 2. The minimum atomic E-state index is -1.82. The van der Waals surface area contributed by atoms with Gasteiger partial charge in [0.05, 0.1) is 5.71 Å². The second-order valence-electron chi connectivity index (χ2n) is 4.65. The van der Waals surface area contributed by atoms with Crippen LogP contribution in [0.4, 0.5) is 0 Å². The van der Waals surface area contributed by atoms with Crippen LogP contribution in [0.3, 0.4) is 0 Å². The van der Waals surface area contributed by atoms with E-state index in [9.17, 15) is 0 Å². The topological polar surface area (TPSA) is 99.4 Å². The van der Waals surface area contributed by atoms with Gasteiger partial charge in [-0.1, -0.05) is 11.2 Å². The first-order valence-corrected chi connectivity index (χ1v) is 6.52. The molecule has 0 aromatic heterocycles. The first-order chi connectivity index (χ1) is 9.54. The SMILES string of the molecule is C=CCCON=C1CN2CCC1CC2.O=C(O)C(=O)O. The molecule has 0 unspecified atom stereocenters. The second kappa shape index (κ2) is 8.31. The van der Waals surface area contributed by atoms with E-state index < -0.39 is 11.9 Å². The third-order valence-corrected chi connectivity index (χ3v) is 3.22. The number of aliphatic carboxylic acids is 2. The maximum Gasteiger partial charge on any atom is 0.414 e. The molecule has 2 bridgehead atoms. The summed E-state index contributed by atoms with van der Waals surface area (Å²) >= 11 is 0. The fraction of sp³-hybridized carbons (Fsp3) is 0.615. The van der Waals surface area contributed by atoms with Crippen molar-refractivity contribution in [2.75, 3.05) is 26.2 Å². The number of carbonyl (C=O) groups is 2. The Bertz CT molecular complexity index is 374. The minimum absolute atomic E-state index is 0.666. The highest BCUT2D eigenvalue weighted by Crippen LogP contribution is 2.25. The van der Waals surface area contributed by atoms with Gasteiger partial charge in [0, 0.05) is 18.9 Å². The van der Waals surface area contributed by atoms with E-state index >= 15 is 0 Å². The van der Waals surface area contributed by atoms with E-state index in [-0.39, 0.29) is 0 Å². The summed E-state index contributed by atoms with van der Waals surface area (Å²) in [6.45, 7) is 7.83. The van der Waals surface area contributed by atoms with Crippen LogP contribution in [0.25, 0.3) is 0 Å². The average Bonchev–Trinajstić information content (AvgIpc) is 2.45. The maximum atomic E-state index is 9.10. The van der Waals surface area contributed by atoms with Crippen LogP contribution in [-0.4, -0.2) is 59.0 Å². The maximum absolute atomic E-state index is 9.10. The van der Waals surface area contributed by atoms with Gasteiger partial charge in [-0.15, -0.1) is 6.58 Å². The Morgan fingerprint density at radius 1 is 1.35 bits per heavy atom. The summed E-state index contributed by atoms with van der Waals surface area (Å²) in [5.74, 6) is -2.95. The summed E-state index contributed by atoms with van der Waals surface area (Å²) in [4.78, 5) is 25.9.